The molecule has 0 saturated carbocycles. The molecular weight excluding hydrogens is 323 g/mol. The van der Waals surface area contributed by atoms with E-state index < -0.39 is 37.7 Å². The molecule has 19 heavy (non-hydrogen) atoms. The van der Waals surface area contributed by atoms with Crippen molar-refractivity contribution in [1.29, 1.82) is 0 Å². The van der Waals surface area contributed by atoms with Gasteiger partial charge >= 0.3 is 37.7 Å². The molecule has 0 spiro atoms. The average molecular weight is 326 g/mol. The molecule has 0 heterocycles. The first kappa shape index (κ1) is 17.5. The largest absolute Gasteiger partial charge is 0.686 e. The summed E-state index contributed by atoms with van der Waals surface area (Å²) in [6, 6.07) is 0. The van der Waals surface area contributed by atoms with Crippen LogP contribution < -0.4 is 0 Å². The fourth-order valence-corrected chi connectivity index (χ4v) is 1.61. The third-order valence-electron chi connectivity index (χ3n) is 1.05. The van der Waals surface area contributed by atoms with Crippen molar-refractivity contribution in [2.75, 3.05) is 0 Å². The third kappa shape index (κ3) is 6.83. The molecule has 0 unspecified atom stereocenters. The zero-order valence-electron chi connectivity index (χ0n) is 8.71. The Bertz CT molecular complexity index is 659. The van der Waals surface area contributed by atoms with Gasteiger partial charge in [-0.1, -0.05) is 0 Å². The molecule has 0 rings (SSSR count). The molecule has 9 nitrogen and oxygen atoms in total. The van der Waals surface area contributed by atoms with Crippen LogP contribution in [0.25, 0.3) is 0 Å². The number of rotatable bonds is 6. The quantitative estimate of drug-likeness (QED) is 0.393. The van der Waals surface area contributed by atoms with E-state index in [2.05, 4.69) is 31.6 Å². The Morgan fingerprint density at radius 3 is 1.00 bits per heavy atom. The van der Waals surface area contributed by atoms with Gasteiger partial charge in [-0.2, -0.15) is 25.3 Å². The maximum Gasteiger partial charge on any atom is 0.686 e. The molecule has 13 heteroatoms. The topological polar surface area (TPSA) is 130 Å². The van der Waals surface area contributed by atoms with E-state index in [9.17, 15) is 25.3 Å². The van der Waals surface area contributed by atoms with Gasteiger partial charge in [0.05, 0.1) is 15.8 Å². The summed E-state index contributed by atoms with van der Waals surface area (Å²) in [5, 5.41) is 3.23. The van der Waals surface area contributed by atoms with Crippen molar-refractivity contribution in [3.8, 4) is 35.0 Å². The molecule has 0 aliphatic heterocycles. The first-order valence-corrected chi connectivity index (χ1v) is 7.91. The molecule has 0 bridgehead atoms. The van der Waals surface area contributed by atoms with Crippen LogP contribution >= 0.6 is 0 Å². The van der Waals surface area contributed by atoms with Crippen molar-refractivity contribution in [3.63, 3.8) is 0 Å². The molecule has 0 saturated heterocycles. The molecule has 0 amide bonds. The van der Waals surface area contributed by atoms with E-state index >= 15 is 0 Å². The average Bonchev–Trinajstić information content (AvgIpc) is 2.27. The second kappa shape index (κ2) is 6.08. The van der Waals surface area contributed by atoms with Crippen molar-refractivity contribution in [2.24, 2.45) is 0 Å². The zero-order chi connectivity index (χ0) is 15.3. The van der Waals surface area contributed by atoms with E-state index in [1.165, 1.54) is 0 Å². The fraction of sp³-hybridized carbons (Fsp3) is 0. The predicted molar refractivity (Wildman–Crippen MR) is 62.3 cm³/mol. The van der Waals surface area contributed by atoms with E-state index in [0.717, 1.165) is 15.8 Å². The Hall–Kier alpha value is -1.53. The lowest BCUT2D eigenvalue weighted by Gasteiger charge is -2.08. The predicted octanol–water partition coefficient (Wildman–Crippen LogP) is -2.22. The van der Waals surface area contributed by atoms with E-state index in [1.807, 2.05) is 0 Å². The number of terminal acetylenes is 3. The maximum absolute atomic E-state index is 10.8. The van der Waals surface area contributed by atoms with Crippen molar-refractivity contribution in [3.05, 3.63) is 0 Å². The summed E-state index contributed by atoms with van der Waals surface area (Å²) in [4.78, 5) is 0. The van der Waals surface area contributed by atoms with Crippen LogP contribution in [0.4, 0.5) is 0 Å². The van der Waals surface area contributed by atoms with E-state index in [1.54, 1.807) is 0 Å². The Morgan fingerprint density at radius 2 is 0.842 bits per heavy atom. The van der Waals surface area contributed by atoms with Crippen LogP contribution in [-0.2, 0) is 42.7 Å². The first-order chi connectivity index (χ1) is 8.47. The molecule has 0 fully saturated rings. The summed E-state index contributed by atoms with van der Waals surface area (Å²) in [5.74, 6) is 0. The second-order valence-corrected chi connectivity index (χ2v) is 6.30. The van der Waals surface area contributed by atoms with Crippen LogP contribution in [0.1, 0.15) is 0 Å². The van der Waals surface area contributed by atoms with Crippen LogP contribution in [0.3, 0.4) is 0 Å². The van der Waals surface area contributed by atoms with Crippen LogP contribution in [0.5, 0.6) is 0 Å². The van der Waals surface area contributed by atoms with Gasteiger partial charge in [-0.3, -0.25) is 12.3 Å². The molecule has 0 aromatic heterocycles. The van der Waals surface area contributed by atoms with Gasteiger partial charge in [0.2, 0.25) is 0 Å². The Morgan fingerprint density at radius 1 is 0.632 bits per heavy atom. The number of hydrogen-bond acceptors (Lipinski definition) is 9. The fourth-order valence-electron chi connectivity index (χ4n) is 0.442. The summed E-state index contributed by atoms with van der Waals surface area (Å²) in [7, 11) is -17.1. The van der Waals surface area contributed by atoms with Gasteiger partial charge < -0.3 is 0 Å². The molecule has 0 radical (unpaired) electrons. The SMILES string of the molecule is C#CS(=O)(=O)OB(OS(=O)(=O)C#C)OS(=O)(=O)C#C. The second-order valence-electron chi connectivity index (χ2n) is 2.29. The van der Waals surface area contributed by atoms with Crippen molar-refractivity contribution < 1.29 is 37.6 Å². The molecule has 0 aliphatic carbocycles. The highest BCUT2D eigenvalue weighted by Gasteiger charge is 2.37. The highest BCUT2D eigenvalue weighted by atomic mass is 32.2. The lowest BCUT2D eigenvalue weighted by molar-refractivity contribution is 0.320. The molecule has 102 valence electrons. The van der Waals surface area contributed by atoms with Gasteiger partial charge in [0.15, 0.2) is 0 Å². The minimum absolute atomic E-state index is 1.08. The van der Waals surface area contributed by atoms with Gasteiger partial charge in [0.1, 0.15) is 0 Å². The standard InChI is InChI=1S/C6H3BO9S3/c1-4-17(8,9)14-7(15-18(10,11)5-2)16-19(12,13)6-3/h1-3H. The lowest BCUT2D eigenvalue weighted by Crippen LogP contribution is -2.33. The van der Waals surface area contributed by atoms with E-state index in [-0.39, 0.29) is 0 Å². The monoisotopic (exact) mass is 326 g/mol. The van der Waals surface area contributed by atoms with E-state index in [0.29, 0.717) is 0 Å². The van der Waals surface area contributed by atoms with E-state index in [4.69, 9.17) is 0 Å². The summed E-state index contributed by atoms with van der Waals surface area (Å²) >= 11 is 0. The van der Waals surface area contributed by atoms with Gasteiger partial charge in [0, 0.05) is 0 Å². The Labute approximate surface area is 110 Å². The first-order valence-electron chi connectivity index (χ1n) is 3.69. The third-order valence-corrected chi connectivity index (χ3v) is 3.15. The highest BCUT2D eigenvalue weighted by Crippen LogP contribution is 2.07. The molecule has 0 atom stereocenters. The minimum Gasteiger partial charge on any atom is -0.260 e. The van der Waals surface area contributed by atoms with Crippen LogP contribution in [-0.4, -0.2) is 32.6 Å². The van der Waals surface area contributed by atoms with Crippen LogP contribution in [0.2, 0.25) is 0 Å². The summed E-state index contributed by atoms with van der Waals surface area (Å²) in [6.45, 7) is 0. The summed E-state index contributed by atoms with van der Waals surface area (Å²) < 4.78 is 76.5. The van der Waals surface area contributed by atoms with Crippen molar-refractivity contribution in [2.45, 2.75) is 0 Å². The lowest BCUT2D eigenvalue weighted by atomic mass is 10.3. The molecular formula is C6H3BO9S3. The normalized spacial score (nSPS) is 11.8. The van der Waals surface area contributed by atoms with Crippen LogP contribution in [0.15, 0.2) is 0 Å². The zero-order valence-corrected chi connectivity index (χ0v) is 11.2. The Balaban J connectivity index is 5.39. The number of hydrogen-bond donors (Lipinski definition) is 0. The Kier molecular flexibility index (Phi) is 5.59. The summed E-state index contributed by atoms with van der Waals surface area (Å²) in [6.07, 6.45) is 13.5. The van der Waals surface area contributed by atoms with Gasteiger partial charge in [-0.25, -0.2) is 0 Å². The van der Waals surface area contributed by atoms with Crippen molar-refractivity contribution in [1.82, 2.24) is 0 Å². The molecule has 0 aromatic rings. The summed E-state index contributed by atoms with van der Waals surface area (Å²) in [5.41, 5.74) is 0. The minimum atomic E-state index is -4.77. The molecule has 0 aromatic carbocycles. The van der Waals surface area contributed by atoms with Gasteiger partial charge in [-0.15, -0.1) is 19.3 Å². The van der Waals surface area contributed by atoms with Gasteiger partial charge in [0.25, 0.3) is 0 Å². The molecule has 0 aliphatic rings. The van der Waals surface area contributed by atoms with Gasteiger partial charge in [-0.05, 0) is 0 Å². The highest BCUT2D eigenvalue weighted by molar-refractivity contribution is 7.94. The van der Waals surface area contributed by atoms with Crippen molar-refractivity contribution >= 4 is 37.7 Å². The van der Waals surface area contributed by atoms with Crippen LogP contribution in [0, 0.1) is 35.0 Å². The molecule has 0 N–H and O–H groups in total. The smallest absolute Gasteiger partial charge is 0.260 e. The maximum atomic E-state index is 10.8.